The Morgan fingerprint density at radius 1 is 1.50 bits per heavy atom. The first kappa shape index (κ1) is 13.3. The van der Waals surface area contributed by atoms with Crippen LogP contribution in [0.1, 0.15) is 33.6 Å². The predicted molar refractivity (Wildman–Crippen MR) is 59.1 cm³/mol. The van der Waals surface area contributed by atoms with Gasteiger partial charge in [-0.15, -0.1) is 0 Å². The van der Waals surface area contributed by atoms with Crippen LogP contribution < -0.4 is 0 Å². The van der Waals surface area contributed by atoms with E-state index < -0.39 is 23.8 Å². The van der Waals surface area contributed by atoms with Gasteiger partial charge in [0.2, 0.25) is 0 Å². The Labute approximate surface area is 96.0 Å². The lowest BCUT2D eigenvalue weighted by molar-refractivity contribution is -0.0371. The van der Waals surface area contributed by atoms with Gasteiger partial charge in [-0.1, -0.05) is 0 Å². The maximum absolute atomic E-state index is 11.8. The predicted octanol–water partition coefficient (Wildman–Crippen LogP) is 0.739. The topological polar surface area (TPSA) is 70.0 Å². The molecule has 1 aliphatic heterocycles. The maximum atomic E-state index is 11.8. The van der Waals surface area contributed by atoms with E-state index in [4.69, 9.17) is 9.84 Å². The fourth-order valence-corrected chi connectivity index (χ4v) is 1.80. The zero-order chi connectivity index (χ0) is 12.3. The minimum absolute atomic E-state index is 0.236. The summed E-state index contributed by atoms with van der Waals surface area (Å²) in [6.45, 7) is 5.66. The lowest BCUT2D eigenvalue weighted by Gasteiger charge is -2.38. The molecule has 1 aliphatic rings. The van der Waals surface area contributed by atoms with Crippen LogP contribution >= 0.6 is 0 Å². The van der Waals surface area contributed by atoms with E-state index in [9.17, 15) is 9.90 Å². The molecule has 94 valence electrons. The second-order valence-electron chi connectivity index (χ2n) is 5.13. The Kier molecular flexibility index (Phi) is 4.15. The first-order valence-corrected chi connectivity index (χ1v) is 5.63. The van der Waals surface area contributed by atoms with Crippen molar-refractivity contribution in [1.29, 1.82) is 0 Å². The van der Waals surface area contributed by atoms with Gasteiger partial charge in [0.25, 0.3) is 0 Å². The van der Waals surface area contributed by atoms with Crippen molar-refractivity contribution >= 4 is 6.09 Å². The van der Waals surface area contributed by atoms with Gasteiger partial charge in [0.1, 0.15) is 5.60 Å². The molecule has 5 heteroatoms. The quantitative estimate of drug-likeness (QED) is 0.698. The summed E-state index contributed by atoms with van der Waals surface area (Å²) in [5.41, 5.74) is -0.556. The summed E-state index contributed by atoms with van der Waals surface area (Å²) in [5.74, 6) is 0. The Hall–Kier alpha value is -0.810. The van der Waals surface area contributed by atoms with Gasteiger partial charge in [-0.2, -0.15) is 0 Å². The summed E-state index contributed by atoms with van der Waals surface area (Å²) in [4.78, 5) is 13.2. The number of amides is 1. The molecule has 0 aromatic carbocycles. The molecule has 0 aromatic rings. The van der Waals surface area contributed by atoms with Crippen molar-refractivity contribution in [3.05, 3.63) is 0 Å². The average molecular weight is 231 g/mol. The molecule has 0 unspecified atom stereocenters. The lowest BCUT2D eigenvalue weighted by atomic mass is 10.00. The molecule has 0 bridgehead atoms. The molecule has 5 nitrogen and oxygen atoms in total. The standard InChI is InChI=1S/C11H21NO4/c1-11(2,3)16-10(15)12-6-4-5-9(14)8(12)7-13/h8-9,13-14H,4-7H2,1-3H3/t8-,9+/m1/s1. The summed E-state index contributed by atoms with van der Waals surface area (Å²) in [6.07, 6.45) is 0.220. The molecule has 1 saturated heterocycles. The molecule has 1 fully saturated rings. The molecule has 0 radical (unpaired) electrons. The number of aliphatic hydroxyl groups excluding tert-OH is 2. The third-order valence-corrected chi connectivity index (χ3v) is 2.56. The number of aliphatic hydroxyl groups is 2. The van der Waals surface area contributed by atoms with Crippen LogP contribution in [0.15, 0.2) is 0 Å². The van der Waals surface area contributed by atoms with Crippen molar-refractivity contribution in [1.82, 2.24) is 4.90 Å². The van der Waals surface area contributed by atoms with Crippen LogP contribution in [-0.2, 0) is 4.74 Å². The van der Waals surface area contributed by atoms with E-state index in [0.29, 0.717) is 13.0 Å². The number of hydrogen-bond acceptors (Lipinski definition) is 4. The molecule has 1 rings (SSSR count). The molecule has 2 atom stereocenters. The van der Waals surface area contributed by atoms with Crippen LogP contribution in [0.25, 0.3) is 0 Å². The molecule has 0 saturated carbocycles. The van der Waals surface area contributed by atoms with Gasteiger partial charge in [-0.3, -0.25) is 0 Å². The van der Waals surface area contributed by atoms with Crippen LogP contribution in [-0.4, -0.2) is 52.1 Å². The molecule has 1 amide bonds. The molecule has 0 aliphatic carbocycles. The van der Waals surface area contributed by atoms with Crippen molar-refractivity contribution in [2.24, 2.45) is 0 Å². The first-order chi connectivity index (χ1) is 7.35. The van der Waals surface area contributed by atoms with Gasteiger partial charge in [0, 0.05) is 6.54 Å². The van der Waals surface area contributed by atoms with E-state index >= 15 is 0 Å². The minimum atomic E-state index is -0.661. The lowest BCUT2D eigenvalue weighted by Crippen LogP contribution is -2.54. The molecular weight excluding hydrogens is 210 g/mol. The summed E-state index contributed by atoms with van der Waals surface area (Å²) in [7, 11) is 0. The van der Waals surface area contributed by atoms with Crippen LogP contribution in [0.2, 0.25) is 0 Å². The average Bonchev–Trinajstić information content (AvgIpc) is 2.14. The largest absolute Gasteiger partial charge is 0.444 e. The molecule has 1 heterocycles. The van der Waals surface area contributed by atoms with Gasteiger partial charge in [0.05, 0.1) is 18.8 Å². The van der Waals surface area contributed by atoms with E-state index in [0.717, 1.165) is 6.42 Å². The number of piperidine rings is 1. The SMILES string of the molecule is CC(C)(C)OC(=O)N1CCC[C@H](O)[C@H]1CO. The fraction of sp³-hybridized carbons (Fsp3) is 0.909. The van der Waals surface area contributed by atoms with Gasteiger partial charge < -0.3 is 19.8 Å². The van der Waals surface area contributed by atoms with Crippen molar-refractivity contribution in [2.75, 3.05) is 13.2 Å². The van der Waals surface area contributed by atoms with Crippen molar-refractivity contribution in [3.63, 3.8) is 0 Å². The van der Waals surface area contributed by atoms with Crippen LogP contribution in [0.4, 0.5) is 4.79 Å². The number of nitrogens with zero attached hydrogens (tertiary/aromatic N) is 1. The normalized spacial score (nSPS) is 26.7. The Balaban J connectivity index is 2.66. The number of rotatable bonds is 1. The summed E-state index contributed by atoms with van der Waals surface area (Å²) in [6, 6.07) is -0.538. The highest BCUT2D eigenvalue weighted by Crippen LogP contribution is 2.20. The van der Waals surface area contributed by atoms with Gasteiger partial charge in [-0.25, -0.2) is 4.79 Å². The van der Waals surface area contributed by atoms with E-state index in [2.05, 4.69) is 0 Å². The van der Waals surface area contributed by atoms with Gasteiger partial charge >= 0.3 is 6.09 Å². The molecule has 0 spiro atoms. The Bertz CT molecular complexity index is 249. The van der Waals surface area contributed by atoms with E-state index in [1.165, 1.54) is 4.90 Å². The smallest absolute Gasteiger partial charge is 0.410 e. The third-order valence-electron chi connectivity index (χ3n) is 2.56. The number of ether oxygens (including phenoxy) is 1. The molecular formula is C11H21NO4. The zero-order valence-electron chi connectivity index (χ0n) is 10.1. The number of likely N-dealkylation sites (tertiary alicyclic amines) is 1. The second-order valence-corrected chi connectivity index (χ2v) is 5.13. The van der Waals surface area contributed by atoms with E-state index in [1.807, 2.05) is 0 Å². The minimum Gasteiger partial charge on any atom is -0.444 e. The fourth-order valence-electron chi connectivity index (χ4n) is 1.80. The molecule has 0 aromatic heterocycles. The number of hydrogen-bond donors (Lipinski definition) is 2. The summed E-state index contributed by atoms with van der Waals surface area (Å²) >= 11 is 0. The van der Waals surface area contributed by atoms with E-state index in [-0.39, 0.29) is 6.61 Å². The monoisotopic (exact) mass is 231 g/mol. The number of carbonyl (C=O) groups excluding carboxylic acids is 1. The van der Waals surface area contributed by atoms with Crippen molar-refractivity contribution < 1.29 is 19.7 Å². The van der Waals surface area contributed by atoms with Crippen LogP contribution in [0, 0.1) is 0 Å². The second kappa shape index (κ2) is 5.01. The highest BCUT2D eigenvalue weighted by Gasteiger charge is 2.35. The van der Waals surface area contributed by atoms with Crippen molar-refractivity contribution in [3.8, 4) is 0 Å². The van der Waals surface area contributed by atoms with E-state index in [1.54, 1.807) is 20.8 Å². The highest BCUT2D eigenvalue weighted by atomic mass is 16.6. The van der Waals surface area contributed by atoms with Gasteiger partial charge in [0.15, 0.2) is 0 Å². The van der Waals surface area contributed by atoms with Gasteiger partial charge in [-0.05, 0) is 33.6 Å². The van der Waals surface area contributed by atoms with Crippen LogP contribution in [0.3, 0.4) is 0 Å². The molecule has 2 N–H and O–H groups in total. The third kappa shape index (κ3) is 3.35. The van der Waals surface area contributed by atoms with Crippen LogP contribution in [0.5, 0.6) is 0 Å². The van der Waals surface area contributed by atoms with Crippen molar-refractivity contribution in [2.45, 2.75) is 51.4 Å². The Morgan fingerprint density at radius 3 is 2.62 bits per heavy atom. The maximum Gasteiger partial charge on any atom is 0.410 e. The first-order valence-electron chi connectivity index (χ1n) is 5.63. The Morgan fingerprint density at radius 2 is 2.12 bits per heavy atom. The summed E-state index contributed by atoms with van der Waals surface area (Å²) in [5, 5.41) is 18.8. The highest BCUT2D eigenvalue weighted by molar-refractivity contribution is 5.68. The zero-order valence-corrected chi connectivity index (χ0v) is 10.1. The number of carbonyl (C=O) groups is 1. The summed E-state index contributed by atoms with van der Waals surface area (Å²) < 4.78 is 5.22. The molecule has 16 heavy (non-hydrogen) atoms.